The van der Waals surface area contributed by atoms with Gasteiger partial charge in [-0.25, -0.2) is 12.8 Å². The Hall–Kier alpha value is -0.950. The van der Waals surface area contributed by atoms with Crippen LogP contribution in [0.4, 0.5) is 15.8 Å². The van der Waals surface area contributed by atoms with E-state index in [1.165, 1.54) is 12.1 Å². The summed E-state index contributed by atoms with van der Waals surface area (Å²) < 4.78 is 38.3. The van der Waals surface area contributed by atoms with Crippen LogP contribution in [0.25, 0.3) is 0 Å². The van der Waals surface area contributed by atoms with Crippen LogP contribution in [0.3, 0.4) is 0 Å². The predicted molar refractivity (Wildman–Crippen MR) is 88.0 cm³/mol. The van der Waals surface area contributed by atoms with Crippen LogP contribution >= 0.6 is 11.8 Å². The van der Waals surface area contributed by atoms with E-state index in [0.717, 1.165) is 29.9 Å². The summed E-state index contributed by atoms with van der Waals surface area (Å²) in [6.45, 7) is 4.46. The molecule has 1 heterocycles. The van der Waals surface area contributed by atoms with E-state index < -0.39 is 15.8 Å². The van der Waals surface area contributed by atoms with E-state index in [0.29, 0.717) is 6.04 Å². The van der Waals surface area contributed by atoms with Crippen molar-refractivity contribution in [3.05, 3.63) is 24.0 Å². The number of benzene rings is 1. The van der Waals surface area contributed by atoms with Crippen LogP contribution in [0.2, 0.25) is 0 Å². The first-order chi connectivity index (χ1) is 9.65. The molecular weight excluding hydrogens is 311 g/mol. The molecule has 1 atom stereocenters. The molecule has 4 nitrogen and oxygen atoms in total. The van der Waals surface area contributed by atoms with Crippen LogP contribution in [-0.4, -0.2) is 32.2 Å². The normalized spacial score (nSPS) is 21.8. The summed E-state index contributed by atoms with van der Waals surface area (Å²) in [5.74, 6) is 1.55. The molecule has 0 aliphatic carbocycles. The third kappa shape index (κ3) is 5.07. The first-order valence-electron chi connectivity index (χ1n) is 6.76. The average molecular weight is 332 g/mol. The summed E-state index contributed by atoms with van der Waals surface area (Å²) in [4.78, 5) is 0. The van der Waals surface area contributed by atoms with Gasteiger partial charge in [0.15, 0.2) is 0 Å². The van der Waals surface area contributed by atoms with Crippen LogP contribution in [0, 0.1) is 11.2 Å². The minimum atomic E-state index is -3.49. The molecule has 0 amide bonds. The smallest absolute Gasteiger partial charge is 0.229 e. The molecule has 1 aliphatic heterocycles. The highest BCUT2D eigenvalue weighted by Gasteiger charge is 2.28. The molecule has 1 aliphatic rings. The number of hydrogen-bond acceptors (Lipinski definition) is 4. The van der Waals surface area contributed by atoms with Crippen LogP contribution in [0.15, 0.2) is 18.2 Å². The molecule has 0 radical (unpaired) electrons. The largest absolute Gasteiger partial charge is 0.381 e. The van der Waals surface area contributed by atoms with Gasteiger partial charge in [-0.05, 0) is 35.8 Å². The minimum Gasteiger partial charge on any atom is -0.381 e. The van der Waals surface area contributed by atoms with Crippen LogP contribution in [0.5, 0.6) is 0 Å². The average Bonchev–Trinajstić information content (AvgIpc) is 2.30. The van der Waals surface area contributed by atoms with Gasteiger partial charge in [0.2, 0.25) is 10.0 Å². The van der Waals surface area contributed by atoms with Gasteiger partial charge in [-0.15, -0.1) is 0 Å². The molecule has 0 bridgehead atoms. The summed E-state index contributed by atoms with van der Waals surface area (Å²) in [5, 5.41) is 3.37. The Balaban J connectivity index is 2.12. The van der Waals surface area contributed by atoms with Gasteiger partial charge in [-0.1, -0.05) is 13.8 Å². The highest BCUT2D eigenvalue weighted by molar-refractivity contribution is 7.99. The Labute approximate surface area is 129 Å². The molecule has 1 saturated heterocycles. The highest BCUT2D eigenvalue weighted by atomic mass is 32.2. The van der Waals surface area contributed by atoms with Crippen molar-refractivity contribution in [2.24, 2.45) is 5.41 Å². The van der Waals surface area contributed by atoms with Crippen LogP contribution in [-0.2, 0) is 10.0 Å². The Morgan fingerprint density at radius 1 is 1.38 bits per heavy atom. The summed E-state index contributed by atoms with van der Waals surface area (Å²) in [7, 11) is -3.49. The van der Waals surface area contributed by atoms with Gasteiger partial charge in [0.05, 0.1) is 11.9 Å². The van der Waals surface area contributed by atoms with Gasteiger partial charge in [-0.2, -0.15) is 11.8 Å². The molecule has 2 rings (SSSR count). The summed E-state index contributed by atoms with van der Waals surface area (Å²) in [6.07, 6.45) is 2.04. The number of nitrogens with one attached hydrogen (secondary N) is 2. The first-order valence-corrected chi connectivity index (χ1v) is 9.81. The Bertz CT molecular complexity index is 617. The molecule has 0 aromatic heterocycles. The number of hydrogen-bond donors (Lipinski definition) is 2. The lowest BCUT2D eigenvalue weighted by molar-refractivity contribution is 0.358. The second-order valence-electron chi connectivity index (χ2n) is 6.29. The van der Waals surface area contributed by atoms with E-state index in [2.05, 4.69) is 23.9 Å². The van der Waals surface area contributed by atoms with Gasteiger partial charge in [0.1, 0.15) is 5.82 Å². The third-order valence-electron chi connectivity index (χ3n) is 3.24. The summed E-state index contributed by atoms with van der Waals surface area (Å²) >= 11 is 1.90. The zero-order chi connectivity index (χ0) is 15.7. The van der Waals surface area contributed by atoms with Gasteiger partial charge < -0.3 is 5.32 Å². The molecule has 0 spiro atoms. The number of rotatable bonds is 4. The summed E-state index contributed by atoms with van der Waals surface area (Å²) in [6, 6.07) is 4.71. The second-order valence-corrected chi connectivity index (χ2v) is 9.07. The minimum absolute atomic E-state index is 0.0229. The van der Waals surface area contributed by atoms with E-state index in [4.69, 9.17) is 0 Å². The molecule has 1 aromatic rings. The number of sulfonamides is 1. The van der Waals surface area contributed by atoms with E-state index in [1.807, 2.05) is 11.8 Å². The molecule has 1 fully saturated rings. The van der Waals surface area contributed by atoms with E-state index in [1.54, 1.807) is 6.07 Å². The Morgan fingerprint density at radius 2 is 2.10 bits per heavy atom. The lowest BCUT2D eigenvalue weighted by Gasteiger charge is -2.35. The molecule has 2 N–H and O–H groups in total. The Kier molecular flexibility index (Phi) is 4.72. The van der Waals surface area contributed by atoms with Crippen molar-refractivity contribution in [2.75, 3.05) is 27.8 Å². The molecule has 0 saturated carbocycles. The van der Waals surface area contributed by atoms with Crippen molar-refractivity contribution in [3.63, 3.8) is 0 Å². The fraction of sp³-hybridized carbons (Fsp3) is 0.571. The third-order valence-corrected chi connectivity index (χ3v) is 5.46. The SMILES string of the molecule is CC1(C)CSCC(Nc2ccc(F)c(NS(C)(=O)=O)c2)C1. The van der Waals surface area contributed by atoms with Crippen LogP contribution < -0.4 is 10.0 Å². The molecule has 7 heteroatoms. The predicted octanol–water partition coefficient (Wildman–Crippen LogP) is 3.14. The molecule has 118 valence electrons. The zero-order valence-electron chi connectivity index (χ0n) is 12.4. The molecule has 1 unspecified atom stereocenters. The first kappa shape index (κ1) is 16.4. The van der Waals surface area contributed by atoms with Crippen molar-refractivity contribution < 1.29 is 12.8 Å². The number of anilines is 2. The fourth-order valence-corrected chi connectivity index (χ4v) is 4.31. The van der Waals surface area contributed by atoms with E-state index in [9.17, 15) is 12.8 Å². The molecule has 21 heavy (non-hydrogen) atoms. The maximum absolute atomic E-state index is 13.6. The summed E-state index contributed by atoms with van der Waals surface area (Å²) in [5.41, 5.74) is 0.977. The van der Waals surface area contributed by atoms with Crippen molar-refractivity contribution >= 4 is 33.2 Å². The van der Waals surface area contributed by atoms with Crippen molar-refractivity contribution in [3.8, 4) is 0 Å². The van der Waals surface area contributed by atoms with Crippen molar-refractivity contribution in [2.45, 2.75) is 26.3 Å². The van der Waals surface area contributed by atoms with Gasteiger partial charge >= 0.3 is 0 Å². The molecular formula is C14H21FN2O2S2. The van der Waals surface area contributed by atoms with E-state index in [-0.39, 0.29) is 11.1 Å². The quantitative estimate of drug-likeness (QED) is 0.889. The highest BCUT2D eigenvalue weighted by Crippen LogP contribution is 2.35. The standard InChI is InChI=1S/C14H21FN2O2S2/c1-14(2)7-11(8-20-9-14)16-10-4-5-12(15)13(6-10)17-21(3,18)19/h4-6,11,16-17H,7-9H2,1-3H3. The van der Waals surface area contributed by atoms with Gasteiger partial charge in [0.25, 0.3) is 0 Å². The zero-order valence-corrected chi connectivity index (χ0v) is 14.1. The monoisotopic (exact) mass is 332 g/mol. The fourth-order valence-electron chi connectivity index (χ4n) is 2.48. The number of halogens is 1. The maximum atomic E-state index is 13.6. The van der Waals surface area contributed by atoms with Gasteiger partial charge in [-0.3, -0.25) is 4.72 Å². The molecule has 1 aromatic carbocycles. The van der Waals surface area contributed by atoms with Crippen molar-refractivity contribution in [1.82, 2.24) is 0 Å². The lowest BCUT2D eigenvalue weighted by atomic mass is 9.88. The lowest BCUT2D eigenvalue weighted by Crippen LogP contribution is -2.35. The topological polar surface area (TPSA) is 58.2 Å². The second kappa shape index (κ2) is 6.04. The van der Waals surface area contributed by atoms with E-state index >= 15 is 0 Å². The van der Waals surface area contributed by atoms with Crippen molar-refractivity contribution in [1.29, 1.82) is 0 Å². The Morgan fingerprint density at radius 3 is 2.71 bits per heavy atom. The number of thioether (sulfide) groups is 1. The van der Waals surface area contributed by atoms with Gasteiger partial charge in [0, 0.05) is 17.5 Å². The van der Waals surface area contributed by atoms with Crippen LogP contribution in [0.1, 0.15) is 20.3 Å². The maximum Gasteiger partial charge on any atom is 0.229 e.